The normalized spacial score (nSPS) is 23.5. The van der Waals surface area contributed by atoms with Crippen LogP contribution in [0.4, 0.5) is 0 Å². The van der Waals surface area contributed by atoms with E-state index < -0.39 is 0 Å². The van der Waals surface area contributed by atoms with Gasteiger partial charge >= 0.3 is 0 Å². The molecule has 0 amide bonds. The summed E-state index contributed by atoms with van der Waals surface area (Å²) >= 11 is 0. The molecular formula is C9H20NO+. The molecule has 0 unspecified atom stereocenters. The molecule has 11 heavy (non-hydrogen) atoms. The number of quaternary nitrogens is 1. The molecule has 0 aliphatic heterocycles. The molecule has 0 heterocycles. The Morgan fingerprint density at radius 3 is 2.45 bits per heavy atom. The maximum atomic E-state index is 8.80. The van der Waals surface area contributed by atoms with E-state index in [2.05, 4.69) is 5.73 Å². The van der Waals surface area contributed by atoms with Crippen LogP contribution in [0.5, 0.6) is 0 Å². The van der Waals surface area contributed by atoms with Crippen molar-refractivity contribution in [3.8, 4) is 0 Å². The van der Waals surface area contributed by atoms with E-state index >= 15 is 0 Å². The molecule has 0 bridgehead atoms. The van der Waals surface area contributed by atoms with Crippen molar-refractivity contribution in [2.24, 2.45) is 5.92 Å². The minimum atomic E-state index is 0.260. The smallest absolute Gasteiger partial charge is 0.108 e. The Bertz CT molecular complexity index is 99.7. The number of hydrogen-bond donors (Lipinski definition) is 2. The summed E-state index contributed by atoms with van der Waals surface area (Å²) < 4.78 is 0. The second-order valence-corrected chi connectivity index (χ2v) is 3.79. The lowest BCUT2D eigenvalue weighted by Crippen LogP contribution is -2.63. The lowest BCUT2D eigenvalue weighted by molar-refractivity contribution is -0.428. The second-order valence-electron chi connectivity index (χ2n) is 3.79. The molecule has 0 aromatic heterocycles. The molecule has 1 fully saturated rings. The molecule has 1 aliphatic rings. The van der Waals surface area contributed by atoms with Gasteiger partial charge in [-0.15, -0.1) is 0 Å². The van der Waals surface area contributed by atoms with E-state index in [4.69, 9.17) is 5.11 Å². The first-order chi connectivity index (χ1) is 5.33. The highest BCUT2D eigenvalue weighted by molar-refractivity contribution is 4.68. The number of hydrogen-bond acceptors (Lipinski definition) is 1. The van der Waals surface area contributed by atoms with Crippen molar-refractivity contribution in [1.82, 2.24) is 0 Å². The molecule has 66 valence electrons. The summed E-state index contributed by atoms with van der Waals surface area (Å²) in [5, 5.41) is 8.80. The first-order valence-corrected chi connectivity index (χ1v) is 4.77. The van der Waals surface area contributed by atoms with Crippen LogP contribution >= 0.6 is 0 Å². The van der Waals surface area contributed by atoms with Crippen LogP contribution in [0.1, 0.15) is 38.5 Å². The van der Waals surface area contributed by atoms with E-state index in [1.54, 1.807) is 0 Å². The van der Waals surface area contributed by atoms with Crippen LogP contribution in [0.2, 0.25) is 0 Å². The van der Waals surface area contributed by atoms with E-state index in [0.717, 1.165) is 12.3 Å². The Hall–Kier alpha value is -0.0800. The zero-order valence-electron chi connectivity index (χ0n) is 7.26. The Morgan fingerprint density at radius 2 is 1.91 bits per heavy atom. The van der Waals surface area contributed by atoms with Gasteiger partial charge in [-0.05, 0) is 5.92 Å². The minimum absolute atomic E-state index is 0.260. The second kappa shape index (κ2) is 4.73. The van der Waals surface area contributed by atoms with Gasteiger partial charge in [0.25, 0.3) is 0 Å². The maximum absolute atomic E-state index is 8.80. The first kappa shape index (κ1) is 9.01. The zero-order valence-corrected chi connectivity index (χ0v) is 7.26. The number of rotatable bonds is 3. The molecule has 2 heteroatoms. The average molecular weight is 158 g/mol. The molecular weight excluding hydrogens is 138 g/mol. The summed E-state index contributed by atoms with van der Waals surface area (Å²) in [6.07, 6.45) is 8.07. The Morgan fingerprint density at radius 1 is 1.27 bits per heavy atom. The van der Waals surface area contributed by atoms with Gasteiger partial charge in [0.2, 0.25) is 0 Å². The predicted molar refractivity (Wildman–Crippen MR) is 45.0 cm³/mol. The maximum Gasteiger partial charge on any atom is 0.108 e. The molecule has 0 saturated heterocycles. The van der Waals surface area contributed by atoms with Gasteiger partial charge in [0.1, 0.15) is 6.04 Å². The summed E-state index contributed by atoms with van der Waals surface area (Å²) in [5.74, 6) is 0.860. The minimum Gasteiger partial charge on any atom is -0.390 e. The fourth-order valence-corrected chi connectivity index (χ4v) is 1.97. The molecule has 4 N–H and O–H groups in total. The van der Waals surface area contributed by atoms with Crippen LogP contribution in [0, 0.1) is 5.92 Å². The van der Waals surface area contributed by atoms with Crippen molar-refractivity contribution >= 4 is 0 Å². The number of aliphatic hydroxyl groups excluding tert-OH is 1. The molecule has 2 nitrogen and oxygen atoms in total. The molecule has 0 aromatic carbocycles. The van der Waals surface area contributed by atoms with Gasteiger partial charge in [-0.25, -0.2) is 0 Å². The van der Waals surface area contributed by atoms with E-state index in [9.17, 15) is 0 Å². The highest BCUT2D eigenvalue weighted by Gasteiger charge is 2.17. The standard InChI is InChI=1S/C9H19NO/c10-9(7-11)6-8-4-2-1-3-5-8/h8-9,11H,1-7,10H2/p+1/t9-/m1/s1. The van der Waals surface area contributed by atoms with Crippen molar-refractivity contribution in [2.75, 3.05) is 6.61 Å². The largest absolute Gasteiger partial charge is 0.390 e. The topological polar surface area (TPSA) is 47.9 Å². The quantitative estimate of drug-likeness (QED) is 0.619. The van der Waals surface area contributed by atoms with Crippen LogP contribution < -0.4 is 5.73 Å². The third-order valence-electron chi connectivity index (χ3n) is 2.65. The predicted octanol–water partition coefficient (Wildman–Crippen LogP) is 0.560. The van der Waals surface area contributed by atoms with Gasteiger partial charge in [-0.3, -0.25) is 0 Å². The molecule has 0 spiro atoms. The van der Waals surface area contributed by atoms with Gasteiger partial charge in [-0.2, -0.15) is 0 Å². The number of aliphatic hydroxyl groups is 1. The van der Waals surface area contributed by atoms with Gasteiger partial charge < -0.3 is 10.8 Å². The summed E-state index contributed by atoms with van der Waals surface area (Å²) in [7, 11) is 0. The van der Waals surface area contributed by atoms with Crippen LogP contribution in [0.15, 0.2) is 0 Å². The van der Waals surface area contributed by atoms with E-state index in [1.165, 1.54) is 32.1 Å². The van der Waals surface area contributed by atoms with E-state index in [0.29, 0.717) is 0 Å². The van der Waals surface area contributed by atoms with Crippen molar-refractivity contribution in [1.29, 1.82) is 0 Å². The van der Waals surface area contributed by atoms with E-state index in [1.807, 2.05) is 0 Å². The molecule has 0 radical (unpaired) electrons. The summed E-state index contributed by atoms with van der Waals surface area (Å²) in [4.78, 5) is 0. The van der Waals surface area contributed by atoms with Crippen LogP contribution in [0.3, 0.4) is 0 Å². The van der Waals surface area contributed by atoms with Crippen LogP contribution in [-0.4, -0.2) is 17.8 Å². The van der Waals surface area contributed by atoms with E-state index in [-0.39, 0.29) is 12.6 Å². The van der Waals surface area contributed by atoms with Crippen molar-refractivity contribution in [3.63, 3.8) is 0 Å². The van der Waals surface area contributed by atoms with Crippen molar-refractivity contribution < 1.29 is 10.8 Å². The highest BCUT2D eigenvalue weighted by atomic mass is 16.3. The summed E-state index contributed by atoms with van der Waals surface area (Å²) in [6, 6.07) is 0.276. The first-order valence-electron chi connectivity index (χ1n) is 4.77. The van der Waals surface area contributed by atoms with Crippen LogP contribution in [0.25, 0.3) is 0 Å². The SMILES string of the molecule is [NH3+][C@@H](CO)CC1CCCCC1. The Balaban J connectivity index is 2.13. The Kier molecular flexibility index (Phi) is 3.87. The van der Waals surface area contributed by atoms with Crippen LogP contribution in [-0.2, 0) is 0 Å². The van der Waals surface area contributed by atoms with Gasteiger partial charge in [-0.1, -0.05) is 32.1 Å². The third kappa shape index (κ3) is 3.21. The van der Waals surface area contributed by atoms with Gasteiger partial charge in [0.15, 0.2) is 0 Å². The fraction of sp³-hybridized carbons (Fsp3) is 1.00. The highest BCUT2D eigenvalue weighted by Crippen LogP contribution is 2.26. The molecule has 1 aliphatic carbocycles. The van der Waals surface area contributed by atoms with Crippen molar-refractivity contribution in [3.05, 3.63) is 0 Å². The van der Waals surface area contributed by atoms with Gasteiger partial charge in [0.05, 0.1) is 6.61 Å². The molecule has 0 aromatic rings. The summed E-state index contributed by atoms with van der Waals surface area (Å²) in [6.45, 7) is 0.260. The van der Waals surface area contributed by atoms with Crippen molar-refractivity contribution in [2.45, 2.75) is 44.6 Å². The monoisotopic (exact) mass is 158 g/mol. The third-order valence-corrected chi connectivity index (χ3v) is 2.65. The molecule has 1 rings (SSSR count). The lowest BCUT2D eigenvalue weighted by Gasteiger charge is -2.22. The van der Waals surface area contributed by atoms with Gasteiger partial charge in [0, 0.05) is 6.42 Å². The molecule has 1 saturated carbocycles. The lowest BCUT2D eigenvalue weighted by atomic mass is 9.85. The molecule has 1 atom stereocenters. The fourth-order valence-electron chi connectivity index (χ4n) is 1.97. The summed E-state index contributed by atoms with van der Waals surface area (Å²) in [5.41, 5.74) is 3.90. The average Bonchev–Trinajstić information content (AvgIpc) is 2.06. The zero-order chi connectivity index (χ0) is 8.10. The Labute approximate surface area is 68.8 Å².